The van der Waals surface area contributed by atoms with Gasteiger partial charge in [0.1, 0.15) is 12.4 Å². The van der Waals surface area contributed by atoms with Crippen molar-refractivity contribution in [2.75, 3.05) is 33.8 Å². The summed E-state index contributed by atoms with van der Waals surface area (Å²) in [6.45, 7) is 6.68. The Morgan fingerprint density at radius 1 is 1.24 bits per heavy atom. The predicted octanol–water partition coefficient (Wildman–Crippen LogP) is 4.73. The molecular weight excluding hydrogens is 428 g/mol. The van der Waals surface area contributed by atoms with Crippen LogP contribution in [0.15, 0.2) is 67.3 Å². The van der Waals surface area contributed by atoms with E-state index in [1.165, 1.54) is 0 Å². The number of methoxy groups -OCH3 is 1. The van der Waals surface area contributed by atoms with Crippen LogP contribution in [0.3, 0.4) is 0 Å². The summed E-state index contributed by atoms with van der Waals surface area (Å²) in [7, 11) is 3.63. The summed E-state index contributed by atoms with van der Waals surface area (Å²) in [4.78, 5) is 17.1. The van der Waals surface area contributed by atoms with Crippen molar-refractivity contribution >= 4 is 6.09 Å². The Balaban J connectivity index is 1.59. The van der Waals surface area contributed by atoms with Gasteiger partial charge in [0.15, 0.2) is 0 Å². The molecule has 1 aliphatic carbocycles. The van der Waals surface area contributed by atoms with Crippen LogP contribution in [0.25, 0.3) is 0 Å². The second kappa shape index (κ2) is 10.2. The number of aromatic hydroxyl groups is 1. The van der Waals surface area contributed by atoms with Crippen molar-refractivity contribution in [1.29, 1.82) is 0 Å². The van der Waals surface area contributed by atoms with E-state index in [0.717, 1.165) is 56.4 Å². The number of benzene rings is 2. The highest BCUT2D eigenvalue weighted by atomic mass is 16.6. The van der Waals surface area contributed by atoms with Gasteiger partial charge in [-0.1, -0.05) is 48.5 Å². The zero-order valence-corrected chi connectivity index (χ0v) is 20.3. The van der Waals surface area contributed by atoms with Crippen LogP contribution < -0.4 is 0 Å². The number of hydrogen-bond donors (Lipinski definition) is 1. The van der Waals surface area contributed by atoms with Crippen LogP contribution in [0, 0.1) is 0 Å². The minimum atomic E-state index is -0.409. The lowest BCUT2D eigenvalue weighted by Gasteiger charge is -2.60. The van der Waals surface area contributed by atoms with Gasteiger partial charge in [-0.15, -0.1) is 6.58 Å². The topological polar surface area (TPSA) is 62.2 Å². The molecule has 1 N–H and O–H groups in total. The van der Waals surface area contributed by atoms with Crippen molar-refractivity contribution in [3.05, 3.63) is 78.4 Å². The Hall–Kier alpha value is -2.83. The summed E-state index contributed by atoms with van der Waals surface area (Å²) >= 11 is 0. The van der Waals surface area contributed by atoms with Crippen molar-refractivity contribution in [2.45, 2.75) is 49.3 Å². The molecule has 2 fully saturated rings. The zero-order valence-electron chi connectivity index (χ0n) is 20.3. The molecule has 34 heavy (non-hydrogen) atoms. The molecule has 1 saturated carbocycles. The van der Waals surface area contributed by atoms with E-state index in [9.17, 15) is 9.90 Å². The largest absolute Gasteiger partial charge is 0.508 e. The van der Waals surface area contributed by atoms with E-state index < -0.39 is 5.60 Å². The smallest absolute Gasteiger partial charge is 0.410 e. The van der Waals surface area contributed by atoms with E-state index in [1.807, 2.05) is 55.6 Å². The fourth-order valence-corrected chi connectivity index (χ4v) is 6.01. The second-order valence-electron chi connectivity index (χ2n) is 9.65. The second-order valence-corrected chi connectivity index (χ2v) is 9.65. The van der Waals surface area contributed by atoms with Gasteiger partial charge >= 0.3 is 6.09 Å². The SMILES string of the molecule is C=CCN1CC[C@@]2(c3cccc(O)c3)C[C@@H](N(C)C(=O)OCc3ccccc3)CC[C@]2(OC)C1. The van der Waals surface area contributed by atoms with E-state index in [1.54, 1.807) is 18.1 Å². The third kappa shape index (κ3) is 4.57. The van der Waals surface area contributed by atoms with Crippen molar-refractivity contribution < 1.29 is 19.4 Å². The highest BCUT2D eigenvalue weighted by molar-refractivity contribution is 5.67. The fourth-order valence-electron chi connectivity index (χ4n) is 6.01. The van der Waals surface area contributed by atoms with Crippen LogP contribution in [0.4, 0.5) is 4.79 Å². The minimum Gasteiger partial charge on any atom is -0.508 e. The molecule has 0 bridgehead atoms. The maximum atomic E-state index is 13.0. The first-order valence-electron chi connectivity index (χ1n) is 12.0. The first kappa shape index (κ1) is 24.3. The summed E-state index contributed by atoms with van der Waals surface area (Å²) in [6.07, 6.45) is 4.90. The maximum absolute atomic E-state index is 13.0. The lowest BCUT2D eigenvalue weighted by Crippen LogP contribution is -2.68. The average Bonchev–Trinajstić information content (AvgIpc) is 2.87. The molecule has 0 aromatic heterocycles. The quantitative estimate of drug-likeness (QED) is 0.601. The molecule has 0 unspecified atom stereocenters. The predicted molar refractivity (Wildman–Crippen MR) is 133 cm³/mol. The number of ether oxygens (including phenoxy) is 2. The van der Waals surface area contributed by atoms with Gasteiger partial charge in [0, 0.05) is 38.7 Å². The lowest BCUT2D eigenvalue weighted by atomic mass is 9.55. The third-order valence-electron chi connectivity index (χ3n) is 7.89. The molecule has 2 aromatic carbocycles. The lowest BCUT2D eigenvalue weighted by molar-refractivity contribution is -0.152. The van der Waals surface area contributed by atoms with Gasteiger partial charge in [0.2, 0.25) is 0 Å². The van der Waals surface area contributed by atoms with Gasteiger partial charge in [-0.25, -0.2) is 4.79 Å². The normalized spacial score (nSPS) is 26.9. The number of carbonyl (C=O) groups is 1. The Morgan fingerprint density at radius 2 is 2.03 bits per heavy atom. The van der Waals surface area contributed by atoms with Crippen LogP contribution >= 0.6 is 0 Å². The number of piperidine rings is 1. The van der Waals surface area contributed by atoms with E-state index >= 15 is 0 Å². The zero-order chi connectivity index (χ0) is 24.2. The van der Waals surface area contributed by atoms with Gasteiger partial charge in [0.05, 0.1) is 5.60 Å². The van der Waals surface area contributed by atoms with Crippen LogP contribution in [0.2, 0.25) is 0 Å². The van der Waals surface area contributed by atoms with Gasteiger partial charge in [-0.3, -0.25) is 4.90 Å². The molecule has 2 aromatic rings. The van der Waals surface area contributed by atoms with Crippen LogP contribution in [0.5, 0.6) is 5.75 Å². The summed E-state index contributed by atoms with van der Waals surface area (Å²) in [5.41, 5.74) is 1.31. The van der Waals surface area contributed by atoms with Gasteiger partial charge in [0.25, 0.3) is 0 Å². The summed E-state index contributed by atoms with van der Waals surface area (Å²) in [5, 5.41) is 10.3. The van der Waals surface area contributed by atoms with Gasteiger partial charge < -0.3 is 19.5 Å². The molecule has 1 aliphatic heterocycles. The molecule has 6 nitrogen and oxygen atoms in total. The van der Waals surface area contributed by atoms with E-state index in [0.29, 0.717) is 0 Å². The molecule has 4 rings (SSSR count). The average molecular weight is 465 g/mol. The van der Waals surface area contributed by atoms with Crippen molar-refractivity contribution in [3.8, 4) is 5.75 Å². The highest BCUT2D eigenvalue weighted by Crippen LogP contribution is 2.54. The van der Waals surface area contributed by atoms with E-state index in [2.05, 4.69) is 17.5 Å². The first-order chi connectivity index (χ1) is 16.4. The molecular formula is C28H36N2O4. The molecule has 2 aliphatic rings. The molecule has 0 radical (unpaired) electrons. The van der Waals surface area contributed by atoms with Crippen LogP contribution in [-0.2, 0) is 21.5 Å². The van der Waals surface area contributed by atoms with E-state index in [-0.39, 0.29) is 29.9 Å². The van der Waals surface area contributed by atoms with E-state index in [4.69, 9.17) is 9.47 Å². The Morgan fingerprint density at radius 3 is 2.74 bits per heavy atom. The fraction of sp³-hybridized carbons (Fsp3) is 0.464. The van der Waals surface area contributed by atoms with Crippen molar-refractivity contribution in [1.82, 2.24) is 9.80 Å². The third-order valence-corrected chi connectivity index (χ3v) is 7.89. The summed E-state index contributed by atoms with van der Waals surface area (Å²) < 4.78 is 12.0. The first-order valence-corrected chi connectivity index (χ1v) is 12.0. The number of likely N-dealkylation sites (tertiary alicyclic amines) is 1. The van der Waals surface area contributed by atoms with Gasteiger partial charge in [-0.2, -0.15) is 0 Å². The number of carbonyl (C=O) groups excluding carboxylic acids is 1. The number of phenols is 1. The molecule has 1 saturated heterocycles. The number of fused-ring (bicyclic) bond motifs is 1. The van der Waals surface area contributed by atoms with Crippen molar-refractivity contribution in [3.63, 3.8) is 0 Å². The standard InChI is InChI=1S/C28H36N2O4/c1-4-16-30-17-15-27(23-11-8-12-25(31)18-23)19-24(13-14-28(27,21-30)33-3)29(2)26(32)34-20-22-9-6-5-7-10-22/h4-12,18,24,31H,1,13-17,19-21H2,2-3H3/t24-,27-,28-/m0/s1. The molecule has 3 atom stereocenters. The Labute approximate surface area is 202 Å². The van der Waals surface area contributed by atoms with Crippen LogP contribution in [-0.4, -0.2) is 66.4 Å². The number of rotatable bonds is 7. The highest BCUT2D eigenvalue weighted by Gasteiger charge is 2.59. The monoisotopic (exact) mass is 464 g/mol. The minimum absolute atomic E-state index is 0.0138. The summed E-state index contributed by atoms with van der Waals surface area (Å²) in [6, 6.07) is 17.3. The number of nitrogens with zero attached hydrogens (tertiary/aromatic N) is 2. The molecule has 1 heterocycles. The summed E-state index contributed by atoms with van der Waals surface area (Å²) in [5.74, 6) is 0.253. The Kier molecular flexibility index (Phi) is 7.29. The van der Waals surface area contributed by atoms with Crippen LogP contribution in [0.1, 0.15) is 36.8 Å². The number of amides is 1. The Bertz CT molecular complexity index is 997. The number of phenolic OH excluding ortho intramolecular Hbond substituents is 1. The number of hydrogen-bond acceptors (Lipinski definition) is 5. The van der Waals surface area contributed by atoms with Gasteiger partial charge in [-0.05, 0) is 55.5 Å². The molecule has 182 valence electrons. The molecule has 6 heteroatoms. The molecule has 1 amide bonds. The molecule has 0 spiro atoms. The van der Waals surface area contributed by atoms with Crippen molar-refractivity contribution in [2.24, 2.45) is 0 Å². The maximum Gasteiger partial charge on any atom is 0.410 e.